The summed E-state index contributed by atoms with van der Waals surface area (Å²) in [5.41, 5.74) is 3.07. The Balaban J connectivity index is 1.22. The first-order chi connectivity index (χ1) is 17.2. The molecule has 4 aromatic rings. The number of sulfonamides is 1. The van der Waals surface area contributed by atoms with Gasteiger partial charge in [-0.25, -0.2) is 22.8 Å². The molecule has 186 valence electrons. The lowest BCUT2D eigenvalue weighted by atomic mass is 10.1. The largest absolute Gasteiger partial charge is 0.470 e. The highest BCUT2D eigenvalue weighted by atomic mass is 32.2. The fraction of sp³-hybridized carbons (Fsp3) is 0.261. The number of ketones is 1. The molecule has 0 aliphatic carbocycles. The standard InChI is InChI=1S/C23H19FN4O6S2/c1-36(30,31)28-23-27-16(10-35-23)11-2-4-12(5-3-11)20-13(24)6-14-15(26-20)7-19(25-14)34-18-9-33-21-17(29)8-32-22(18)21/h2-7,10,18,21-22,25H,8-9H2,1H3,(H,27,28)/t18-,21-,22-/m1/s1. The molecule has 0 unspecified atom stereocenters. The highest BCUT2D eigenvalue weighted by Crippen LogP contribution is 2.32. The van der Waals surface area contributed by atoms with Gasteiger partial charge in [-0.1, -0.05) is 24.3 Å². The van der Waals surface area contributed by atoms with Crippen molar-refractivity contribution >= 4 is 43.3 Å². The molecule has 6 rings (SSSR count). The number of rotatable bonds is 6. The van der Waals surface area contributed by atoms with E-state index in [2.05, 4.69) is 19.7 Å². The number of carbonyl (C=O) groups is 1. The number of aromatic nitrogens is 3. The van der Waals surface area contributed by atoms with Gasteiger partial charge < -0.3 is 19.2 Å². The van der Waals surface area contributed by atoms with Crippen molar-refractivity contribution in [2.75, 3.05) is 24.2 Å². The van der Waals surface area contributed by atoms with Gasteiger partial charge in [0, 0.05) is 28.6 Å². The summed E-state index contributed by atoms with van der Waals surface area (Å²) >= 11 is 1.17. The minimum Gasteiger partial charge on any atom is -0.470 e. The minimum atomic E-state index is -3.41. The molecule has 2 saturated heterocycles. The number of anilines is 1. The van der Waals surface area contributed by atoms with Crippen molar-refractivity contribution in [3.8, 4) is 28.4 Å². The van der Waals surface area contributed by atoms with E-state index >= 15 is 0 Å². The van der Waals surface area contributed by atoms with E-state index in [1.165, 1.54) is 17.4 Å². The monoisotopic (exact) mass is 530 g/mol. The predicted molar refractivity (Wildman–Crippen MR) is 130 cm³/mol. The van der Waals surface area contributed by atoms with Crippen LogP contribution in [0.4, 0.5) is 9.52 Å². The van der Waals surface area contributed by atoms with Crippen LogP contribution in [0.3, 0.4) is 0 Å². The molecule has 3 aromatic heterocycles. The molecular weight excluding hydrogens is 511 g/mol. The van der Waals surface area contributed by atoms with Crippen molar-refractivity contribution in [1.29, 1.82) is 0 Å². The summed E-state index contributed by atoms with van der Waals surface area (Å²) in [4.78, 5) is 23.5. The van der Waals surface area contributed by atoms with Crippen LogP contribution in [0, 0.1) is 5.82 Å². The number of Topliss-reactive ketones (excluding diaryl/α,β-unsaturated/α-hetero) is 1. The second-order valence-corrected chi connectivity index (χ2v) is 11.1. The molecule has 1 aromatic carbocycles. The summed E-state index contributed by atoms with van der Waals surface area (Å²) in [6.45, 7) is 0.235. The van der Waals surface area contributed by atoms with E-state index in [0.29, 0.717) is 28.2 Å². The van der Waals surface area contributed by atoms with Crippen LogP contribution in [0.2, 0.25) is 0 Å². The Labute approximate surface area is 208 Å². The van der Waals surface area contributed by atoms with Gasteiger partial charge in [-0.05, 0) is 0 Å². The zero-order chi connectivity index (χ0) is 25.0. The first-order valence-corrected chi connectivity index (χ1v) is 13.7. The van der Waals surface area contributed by atoms with Crippen LogP contribution in [-0.4, -0.2) is 66.9 Å². The third kappa shape index (κ3) is 4.34. The number of hydrogen-bond donors (Lipinski definition) is 2. The number of nitrogens with zero attached hydrogens (tertiary/aromatic N) is 2. The predicted octanol–water partition coefficient (Wildman–Crippen LogP) is 2.98. The number of halogens is 1. The lowest BCUT2D eigenvalue weighted by Crippen LogP contribution is -2.33. The third-order valence-corrected chi connectivity index (χ3v) is 7.33. The number of pyridine rings is 1. The van der Waals surface area contributed by atoms with E-state index in [1.54, 1.807) is 35.7 Å². The van der Waals surface area contributed by atoms with E-state index in [9.17, 15) is 17.6 Å². The van der Waals surface area contributed by atoms with Gasteiger partial charge in [0.05, 0.1) is 29.6 Å². The summed E-state index contributed by atoms with van der Waals surface area (Å²) in [5.74, 6) is -0.225. The number of fused-ring (bicyclic) bond motifs is 2. The van der Waals surface area contributed by atoms with Crippen LogP contribution in [0.1, 0.15) is 0 Å². The molecule has 2 aliphatic rings. The highest BCUT2D eigenvalue weighted by molar-refractivity contribution is 7.92. The molecule has 0 bridgehead atoms. The van der Waals surface area contributed by atoms with Crippen molar-refractivity contribution < 1.29 is 31.8 Å². The van der Waals surface area contributed by atoms with Crippen molar-refractivity contribution in [3.05, 3.63) is 47.6 Å². The first kappa shape index (κ1) is 23.0. The highest BCUT2D eigenvalue weighted by Gasteiger charge is 2.48. The lowest BCUT2D eigenvalue weighted by Gasteiger charge is -2.15. The molecule has 0 spiro atoms. The summed E-state index contributed by atoms with van der Waals surface area (Å²) in [6.07, 6.45) is -0.453. The minimum absolute atomic E-state index is 0.0119. The Kier molecular flexibility index (Phi) is 5.52. The van der Waals surface area contributed by atoms with E-state index < -0.39 is 34.2 Å². The van der Waals surface area contributed by atoms with Gasteiger partial charge in [-0.2, -0.15) is 0 Å². The summed E-state index contributed by atoms with van der Waals surface area (Å²) < 4.78 is 57.0. The van der Waals surface area contributed by atoms with Gasteiger partial charge >= 0.3 is 0 Å². The molecule has 2 aliphatic heterocycles. The quantitative estimate of drug-likeness (QED) is 0.389. The maximum Gasteiger partial charge on any atom is 0.231 e. The van der Waals surface area contributed by atoms with Crippen molar-refractivity contribution in [2.24, 2.45) is 0 Å². The van der Waals surface area contributed by atoms with E-state index in [4.69, 9.17) is 14.2 Å². The Morgan fingerprint density at radius 2 is 1.94 bits per heavy atom. The molecule has 0 saturated carbocycles. The molecule has 10 nitrogen and oxygen atoms in total. The van der Waals surface area contributed by atoms with Crippen molar-refractivity contribution in [2.45, 2.75) is 18.3 Å². The summed E-state index contributed by atoms with van der Waals surface area (Å²) in [6, 6.07) is 10.0. The van der Waals surface area contributed by atoms with Gasteiger partial charge in [0.1, 0.15) is 24.5 Å². The van der Waals surface area contributed by atoms with E-state index in [0.717, 1.165) is 11.8 Å². The van der Waals surface area contributed by atoms with Crippen LogP contribution >= 0.6 is 11.3 Å². The number of benzene rings is 1. The number of hydrogen-bond acceptors (Lipinski definition) is 9. The molecule has 13 heteroatoms. The Morgan fingerprint density at radius 3 is 2.72 bits per heavy atom. The van der Waals surface area contributed by atoms with Crippen LogP contribution < -0.4 is 9.46 Å². The van der Waals surface area contributed by atoms with Gasteiger partial charge in [-0.15, -0.1) is 11.3 Å². The molecule has 36 heavy (non-hydrogen) atoms. The van der Waals surface area contributed by atoms with Gasteiger partial charge in [0.15, 0.2) is 28.7 Å². The third-order valence-electron chi connectivity index (χ3n) is 5.88. The van der Waals surface area contributed by atoms with E-state index in [-0.39, 0.29) is 29.8 Å². The number of H-pyrrole nitrogens is 1. The number of nitrogens with one attached hydrogen (secondary N) is 2. The topological polar surface area (TPSA) is 133 Å². The van der Waals surface area contributed by atoms with Gasteiger partial charge in [0.2, 0.25) is 10.0 Å². The lowest BCUT2D eigenvalue weighted by molar-refractivity contribution is -0.125. The number of thiazole rings is 1. The normalized spacial score (nSPS) is 21.7. The van der Waals surface area contributed by atoms with Gasteiger partial charge in [0.25, 0.3) is 0 Å². The molecule has 5 heterocycles. The fourth-order valence-corrected chi connectivity index (χ4v) is 5.83. The fourth-order valence-electron chi connectivity index (χ4n) is 4.26. The Bertz CT molecular complexity index is 1580. The average Bonchev–Trinajstić information content (AvgIpc) is 3.60. The summed E-state index contributed by atoms with van der Waals surface area (Å²) in [7, 11) is -3.41. The Hall–Kier alpha value is -3.39. The average molecular weight is 531 g/mol. The van der Waals surface area contributed by atoms with Crippen LogP contribution in [0.5, 0.6) is 5.88 Å². The smallest absolute Gasteiger partial charge is 0.231 e. The number of ether oxygens (including phenoxy) is 3. The van der Waals surface area contributed by atoms with Crippen LogP contribution in [-0.2, 0) is 24.3 Å². The van der Waals surface area contributed by atoms with Gasteiger partial charge in [-0.3, -0.25) is 9.52 Å². The molecular formula is C23H19FN4O6S2. The maximum atomic E-state index is 14.9. The summed E-state index contributed by atoms with van der Waals surface area (Å²) in [5, 5.41) is 2.00. The zero-order valence-electron chi connectivity index (χ0n) is 18.7. The molecule has 2 N–H and O–H groups in total. The maximum absolute atomic E-state index is 14.9. The first-order valence-electron chi connectivity index (χ1n) is 10.9. The van der Waals surface area contributed by atoms with Crippen molar-refractivity contribution in [1.82, 2.24) is 15.0 Å². The SMILES string of the molecule is CS(=O)(=O)Nc1nc(-c2ccc(-c3nc4cc(O[C@@H]5CO[C@@H]6C(=O)CO[C@@H]65)[nH]c4cc3F)cc2)cs1. The van der Waals surface area contributed by atoms with E-state index in [1.807, 2.05) is 0 Å². The molecule has 0 amide bonds. The Morgan fingerprint density at radius 1 is 1.17 bits per heavy atom. The number of aromatic amines is 1. The second-order valence-electron chi connectivity index (χ2n) is 8.53. The zero-order valence-corrected chi connectivity index (χ0v) is 20.4. The van der Waals surface area contributed by atoms with Crippen LogP contribution in [0.25, 0.3) is 33.5 Å². The second kappa shape index (κ2) is 8.62. The molecule has 0 radical (unpaired) electrons. The molecule has 3 atom stereocenters. The number of carbonyl (C=O) groups excluding carboxylic acids is 1. The van der Waals surface area contributed by atoms with Crippen molar-refractivity contribution in [3.63, 3.8) is 0 Å². The molecule has 2 fully saturated rings. The van der Waals surface area contributed by atoms with Crippen LogP contribution in [0.15, 0.2) is 41.8 Å².